The maximum Gasteiger partial charge on any atom is 0.0867 e. The zero-order valence-corrected chi connectivity index (χ0v) is 10.6. The van der Waals surface area contributed by atoms with Gasteiger partial charge < -0.3 is 0 Å². The summed E-state index contributed by atoms with van der Waals surface area (Å²) in [4.78, 5) is 0. The van der Waals surface area contributed by atoms with Crippen molar-refractivity contribution >= 4 is 13.3 Å². The summed E-state index contributed by atoms with van der Waals surface area (Å²) in [6, 6.07) is 11.6. The number of hydrogen-bond donors (Lipinski definition) is 0. The van der Waals surface area contributed by atoms with Gasteiger partial charge in [-0.1, -0.05) is 66.0 Å². The summed E-state index contributed by atoms with van der Waals surface area (Å²) in [7, 11) is -0.960. The van der Waals surface area contributed by atoms with Gasteiger partial charge in [-0.15, -0.1) is 0 Å². The van der Waals surface area contributed by atoms with E-state index in [-0.39, 0.29) is 0 Å². The fourth-order valence-corrected chi connectivity index (χ4v) is 7.00. The summed E-state index contributed by atoms with van der Waals surface area (Å²) >= 11 is 0. The lowest BCUT2D eigenvalue weighted by Crippen LogP contribution is -2.53. The van der Waals surface area contributed by atoms with Gasteiger partial charge >= 0.3 is 0 Å². The van der Waals surface area contributed by atoms with Crippen LogP contribution in [0.4, 0.5) is 0 Å². The smallest absolute Gasteiger partial charge is 0.0675 e. The minimum atomic E-state index is -0.960. The first-order valence-electron chi connectivity index (χ1n) is 5.76. The van der Waals surface area contributed by atoms with Crippen LogP contribution in [0.15, 0.2) is 18.2 Å². The molecule has 1 heterocycles. The van der Waals surface area contributed by atoms with E-state index in [0.717, 1.165) is 0 Å². The summed E-state index contributed by atoms with van der Waals surface area (Å²) in [5.41, 5.74) is 2.96. The number of benzene rings is 1. The molecule has 1 fully saturated rings. The van der Waals surface area contributed by atoms with E-state index >= 15 is 0 Å². The van der Waals surface area contributed by atoms with E-state index in [0.29, 0.717) is 0 Å². The van der Waals surface area contributed by atoms with Crippen LogP contribution in [0.1, 0.15) is 24.5 Å². The maximum absolute atomic E-state index is 2.42. The molecule has 0 amide bonds. The first kappa shape index (κ1) is 9.97. The molecular weight excluding hydrogens is 184 g/mol. The zero-order valence-electron chi connectivity index (χ0n) is 9.56. The maximum atomic E-state index is 2.42. The van der Waals surface area contributed by atoms with E-state index < -0.39 is 8.07 Å². The average molecular weight is 204 g/mol. The van der Waals surface area contributed by atoms with Crippen molar-refractivity contribution in [3.63, 3.8) is 0 Å². The Morgan fingerprint density at radius 2 is 1.93 bits per heavy atom. The van der Waals surface area contributed by atoms with Crippen molar-refractivity contribution in [1.29, 1.82) is 0 Å². The Hall–Kier alpha value is -0.563. The van der Waals surface area contributed by atoms with Crippen LogP contribution >= 0.6 is 0 Å². The van der Waals surface area contributed by atoms with Crippen molar-refractivity contribution in [1.82, 2.24) is 0 Å². The second kappa shape index (κ2) is 3.54. The molecule has 0 bridgehead atoms. The van der Waals surface area contributed by atoms with Gasteiger partial charge in [0.05, 0.1) is 8.07 Å². The molecule has 1 aliphatic heterocycles. The Kier molecular flexibility index (Phi) is 2.52. The summed E-state index contributed by atoms with van der Waals surface area (Å²) in [6.07, 6.45) is 1.48. The van der Waals surface area contributed by atoms with Crippen LogP contribution in [0.25, 0.3) is 0 Å². The molecule has 1 saturated heterocycles. The van der Waals surface area contributed by atoms with Crippen LogP contribution in [0.3, 0.4) is 0 Å². The molecule has 1 heteroatoms. The molecule has 1 aromatic rings. The Labute approximate surface area is 88.4 Å². The Bertz CT molecular complexity index is 332. The summed E-state index contributed by atoms with van der Waals surface area (Å²) in [5, 5.41) is 1.75. The molecular formula is C13H20Si. The van der Waals surface area contributed by atoms with Crippen LogP contribution in [-0.4, -0.2) is 8.07 Å². The predicted octanol–water partition coefficient (Wildman–Crippen LogP) is 3.38. The SMILES string of the molecule is CC[Si]1(c2ccc(C)cc2C)CCC1. The van der Waals surface area contributed by atoms with Gasteiger partial charge in [-0.2, -0.15) is 0 Å². The molecule has 0 saturated carbocycles. The van der Waals surface area contributed by atoms with Crippen LogP contribution in [0, 0.1) is 13.8 Å². The highest BCUT2D eigenvalue weighted by molar-refractivity contribution is 6.94. The largest absolute Gasteiger partial charge is 0.0867 e. The first-order valence-corrected chi connectivity index (χ1v) is 8.38. The first-order chi connectivity index (χ1) is 6.68. The number of hydrogen-bond acceptors (Lipinski definition) is 0. The van der Waals surface area contributed by atoms with Gasteiger partial charge in [0.15, 0.2) is 0 Å². The van der Waals surface area contributed by atoms with Crippen molar-refractivity contribution < 1.29 is 0 Å². The monoisotopic (exact) mass is 204 g/mol. The second-order valence-corrected chi connectivity index (χ2v) is 9.61. The summed E-state index contributed by atoms with van der Waals surface area (Å²) in [5.74, 6) is 0. The average Bonchev–Trinajstić information content (AvgIpc) is 2.07. The van der Waals surface area contributed by atoms with Crippen LogP contribution in [0.2, 0.25) is 18.1 Å². The van der Waals surface area contributed by atoms with Gasteiger partial charge in [0, 0.05) is 0 Å². The quantitative estimate of drug-likeness (QED) is 0.648. The molecule has 76 valence electrons. The van der Waals surface area contributed by atoms with E-state index in [4.69, 9.17) is 0 Å². The minimum Gasteiger partial charge on any atom is -0.0675 e. The molecule has 0 N–H and O–H groups in total. The predicted molar refractivity (Wildman–Crippen MR) is 66.0 cm³/mol. The highest BCUT2D eigenvalue weighted by atomic mass is 28.3. The fraction of sp³-hybridized carbons (Fsp3) is 0.538. The molecule has 1 aliphatic rings. The second-order valence-electron chi connectivity index (χ2n) is 4.81. The lowest BCUT2D eigenvalue weighted by molar-refractivity contribution is 0.895. The van der Waals surface area contributed by atoms with Gasteiger partial charge in [-0.05, 0) is 13.8 Å². The summed E-state index contributed by atoms with van der Waals surface area (Å²) < 4.78 is 0. The topological polar surface area (TPSA) is 0 Å². The summed E-state index contributed by atoms with van der Waals surface area (Å²) in [6.45, 7) is 6.88. The molecule has 0 spiro atoms. The third-order valence-corrected chi connectivity index (χ3v) is 9.62. The van der Waals surface area contributed by atoms with Gasteiger partial charge in [0.1, 0.15) is 0 Å². The molecule has 0 radical (unpaired) electrons. The fourth-order valence-electron chi connectivity index (χ4n) is 2.83. The van der Waals surface area contributed by atoms with Crippen molar-refractivity contribution in [2.45, 2.75) is 45.3 Å². The highest BCUT2D eigenvalue weighted by Crippen LogP contribution is 2.35. The minimum absolute atomic E-state index is 0.960. The van der Waals surface area contributed by atoms with Crippen molar-refractivity contribution in [2.75, 3.05) is 0 Å². The lowest BCUT2D eigenvalue weighted by atomic mass is 10.2. The van der Waals surface area contributed by atoms with Crippen molar-refractivity contribution in [2.24, 2.45) is 0 Å². The number of rotatable bonds is 2. The zero-order chi connectivity index (χ0) is 10.2. The molecule has 0 aromatic heterocycles. The van der Waals surface area contributed by atoms with Gasteiger partial charge in [0.25, 0.3) is 0 Å². The lowest BCUT2D eigenvalue weighted by Gasteiger charge is -2.40. The molecule has 0 unspecified atom stereocenters. The van der Waals surface area contributed by atoms with Crippen LogP contribution < -0.4 is 5.19 Å². The molecule has 0 atom stereocenters. The van der Waals surface area contributed by atoms with E-state index in [1.165, 1.54) is 30.1 Å². The molecule has 0 aliphatic carbocycles. The van der Waals surface area contributed by atoms with E-state index in [1.54, 1.807) is 10.8 Å². The Morgan fingerprint density at radius 1 is 1.21 bits per heavy atom. The van der Waals surface area contributed by atoms with Gasteiger partial charge in [0.2, 0.25) is 0 Å². The normalized spacial score (nSPS) is 19.1. The van der Waals surface area contributed by atoms with E-state index in [2.05, 4.69) is 39.0 Å². The van der Waals surface area contributed by atoms with Crippen LogP contribution in [-0.2, 0) is 0 Å². The Balaban J connectivity index is 2.40. The Morgan fingerprint density at radius 3 is 2.36 bits per heavy atom. The molecule has 0 nitrogen and oxygen atoms in total. The van der Waals surface area contributed by atoms with Crippen molar-refractivity contribution in [3.05, 3.63) is 29.3 Å². The van der Waals surface area contributed by atoms with E-state index in [1.807, 2.05) is 0 Å². The van der Waals surface area contributed by atoms with Gasteiger partial charge in [-0.25, -0.2) is 0 Å². The van der Waals surface area contributed by atoms with Crippen LogP contribution in [0.5, 0.6) is 0 Å². The van der Waals surface area contributed by atoms with Gasteiger partial charge in [-0.3, -0.25) is 0 Å². The van der Waals surface area contributed by atoms with E-state index in [9.17, 15) is 0 Å². The molecule has 14 heavy (non-hydrogen) atoms. The molecule has 1 aromatic carbocycles. The highest BCUT2D eigenvalue weighted by Gasteiger charge is 2.39. The standard InChI is InChI=1S/C13H20Si/c1-4-14(8-5-9-14)13-7-6-11(2)10-12(13)3/h6-7,10H,4-5,8-9H2,1-3H3. The third-order valence-electron chi connectivity index (χ3n) is 3.94. The molecule has 2 rings (SSSR count). The number of aryl methyl sites for hydroxylation is 2. The van der Waals surface area contributed by atoms with Crippen molar-refractivity contribution in [3.8, 4) is 0 Å². The third kappa shape index (κ3) is 1.44.